The summed E-state index contributed by atoms with van der Waals surface area (Å²) in [5.41, 5.74) is 1.27. The fourth-order valence-electron chi connectivity index (χ4n) is 3.15. The van der Waals surface area contributed by atoms with Gasteiger partial charge in [-0.05, 0) is 23.8 Å². The molecule has 0 aromatic heterocycles. The zero-order chi connectivity index (χ0) is 12.8. The van der Waals surface area contributed by atoms with Crippen molar-refractivity contribution in [1.82, 2.24) is 0 Å². The molecule has 1 aliphatic carbocycles. The van der Waals surface area contributed by atoms with Crippen molar-refractivity contribution in [1.29, 1.82) is 0 Å². The SMILES string of the molecule is O=C(O)C[C@H](Cc1ccccc1)C1CCCCC1. The smallest absolute Gasteiger partial charge is 0.303 e. The lowest BCUT2D eigenvalue weighted by molar-refractivity contribution is -0.138. The van der Waals surface area contributed by atoms with Gasteiger partial charge in [-0.3, -0.25) is 4.79 Å². The van der Waals surface area contributed by atoms with Gasteiger partial charge in [0.25, 0.3) is 0 Å². The van der Waals surface area contributed by atoms with Crippen LogP contribution in [0.3, 0.4) is 0 Å². The number of hydrogen-bond acceptors (Lipinski definition) is 1. The highest BCUT2D eigenvalue weighted by molar-refractivity contribution is 5.67. The number of aliphatic carboxylic acids is 1. The molecule has 0 heterocycles. The molecule has 0 bridgehead atoms. The van der Waals surface area contributed by atoms with Crippen LogP contribution in [0.2, 0.25) is 0 Å². The number of carboxylic acids is 1. The molecule has 0 spiro atoms. The lowest BCUT2D eigenvalue weighted by atomic mass is 9.76. The second-order valence-corrected chi connectivity index (χ2v) is 5.45. The third-order valence-corrected chi connectivity index (χ3v) is 4.09. The van der Waals surface area contributed by atoms with E-state index in [1.54, 1.807) is 0 Å². The van der Waals surface area contributed by atoms with Crippen LogP contribution in [-0.4, -0.2) is 11.1 Å². The van der Waals surface area contributed by atoms with Crippen molar-refractivity contribution in [2.24, 2.45) is 11.8 Å². The van der Waals surface area contributed by atoms with Crippen LogP contribution in [0.1, 0.15) is 44.1 Å². The average Bonchev–Trinajstić information content (AvgIpc) is 2.40. The van der Waals surface area contributed by atoms with Crippen LogP contribution in [0.25, 0.3) is 0 Å². The number of hydrogen-bond donors (Lipinski definition) is 1. The topological polar surface area (TPSA) is 37.3 Å². The molecule has 98 valence electrons. The molecule has 0 saturated heterocycles. The van der Waals surface area contributed by atoms with Crippen molar-refractivity contribution in [3.05, 3.63) is 35.9 Å². The summed E-state index contributed by atoms with van der Waals surface area (Å²) in [7, 11) is 0. The van der Waals surface area contributed by atoms with Crippen LogP contribution in [-0.2, 0) is 11.2 Å². The standard InChI is InChI=1S/C16H22O2/c17-16(18)12-15(14-9-5-2-6-10-14)11-13-7-3-1-4-8-13/h1,3-4,7-8,14-15H,2,5-6,9-12H2,(H,17,18)/t15-/m0/s1. The molecule has 2 heteroatoms. The highest BCUT2D eigenvalue weighted by Crippen LogP contribution is 2.33. The first-order chi connectivity index (χ1) is 8.75. The van der Waals surface area contributed by atoms with Gasteiger partial charge in [0.05, 0.1) is 0 Å². The Balaban J connectivity index is 2.02. The van der Waals surface area contributed by atoms with Crippen LogP contribution in [0.15, 0.2) is 30.3 Å². The van der Waals surface area contributed by atoms with Gasteiger partial charge >= 0.3 is 5.97 Å². The number of benzene rings is 1. The summed E-state index contributed by atoms with van der Waals surface area (Å²) < 4.78 is 0. The van der Waals surface area contributed by atoms with Crippen LogP contribution in [0.5, 0.6) is 0 Å². The van der Waals surface area contributed by atoms with E-state index in [1.165, 1.54) is 37.7 Å². The highest BCUT2D eigenvalue weighted by Gasteiger charge is 2.25. The number of carboxylic acid groups (broad SMARTS) is 1. The Bertz CT molecular complexity index is 366. The average molecular weight is 246 g/mol. The molecule has 1 fully saturated rings. The highest BCUT2D eigenvalue weighted by atomic mass is 16.4. The molecule has 18 heavy (non-hydrogen) atoms. The maximum absolute atomic E-state index is 11.0. The number of rotatable bonds is 5. The van der Waals surface area contributed by atoms with Gasteiger partial charge in [0.2, 0.25) is 0 Å². The molecule has 2 nitrogen and oxygen atoms in total. The van der Waals surface area contributed by atoms with Gasteiger partial charge < -0.3 is 5.11 Å². The lowest BCUT2D eigenvalue weighted by Crippen LogP contribution is -2.23. The van der Waals surface area contributed by atoms with Gasteiger partial charge in [0, 0.05) is 6.42 Å². The molecular formula is C16H22O2. The summed E-state index contributed by atoms with van der Waals surface area (Å²) >= 11 is 0. The van der Waals surface area contributed by atoms with Crippen molar-refractivity contribution in [3.63, 3.8) is 0 Å². The van der Waals surface area contributed by atoms with E-state index >= 15 is 0 Å². The van der Waals surface area contributed by atoms with Gasteiger partial charge in [-0.15, -0.1) is 0 Å². The molecule has 1 aromatic carbocycles. The van der Waals surface area contributed by atoms with Crippen LogP contribution < -0.4 is 0 Å². The van der Waals surface area contributed by atoms with Gasteiger partial charge in [-0.2, -0.15) is 0 Å². The van der Waals surface area contributed by atoms with E-state index in [0.29, 0.717) is 18.3 Å². The van der Waals surface area contributed by atoms with Gasteiger partial charge in [-0.25, -0.2) is 0 Å². The van der Waals surface area contributed by atoms with Crippen molar-refractivity contribution in [2.75, 3.05) is 0 Å². The molecule has 1 saturated carbocycles. The van der Waals surface area contributed by atoms with E-state index in [9.17, 15) is 4.79 Å². The van der Waals surface area contributed by atoms with Gasteiger partial charge in [-0.1, -0.05) is 62.4 Å². The van der Waals surface area contributed by atoms with Crippen LogP contribution in [0, 0.1) is 11.8 Å². The molecule has 1 aliphatic rings. The van der Waals surface area contributed by atoms with E-state index < -0.39 is 5.97 Å². The summed E-state index contributed by atoms with van der Waals surface area (Å²) in [6.45, 7) is 0. The van der Waals surface area contributed by atoms with Crippen LogP contribution >= 0.6 is 0 Å². The minimum atomic E-state index is -0.651. The molecule has 0 radical (unpaired) electrons. The summed E-state index contributed by atoms with van der Waals surface area (Å²) in [6.07, 6.45) is 7.53. The van der Waals surface area contributed by atoms with Gasteiger partial charge in [0.15, 0.2) is 0 Å². The Morgan fingerprint density at radius 1 is 1.17 bits per heavy atom. The monoisotopic (exact) mass is 246 g/mol. The first-order valence-corrected chi connectivity index (χ1v) is 7.01. The minimum Gasteiger partial charge on any atom is -0.481 e. The Hall–Kier alpha value is -1.31. The van der Waals surface area contributed by atoms with Crippen molar-refractivity contribution < 1.29 is 9.90 Å². The Labute approximate surface area is 109 Å². The predicted octanol–water partition coefficient (Wildman–Crippen LogP) is 3.90. The van der Waals surface area contributed by atoms with E-state index in [1.807, 2.05) is 18.2 Å². The predicted molar refractivity (Wildman–Crippen MR) is 72.5 cm³/mol. The molecule has 0 aliphatic heterocycles. The summed E-state index contributed by atoms with van der Waals surface area (Å²) in [5, 5.41) is 9.09. The fourth-order valence-corrected chi connectivity index (χ4v) is 3.15. The molecule has 2 rings (SSSR count). The Morgan fingerprint density at radius 3 is 2.44 bits per heavy atom. The largest absolute Gasteiger partial charge is 0.481 e. The van der Waals surface area contributed by atoms with Gasteiger partial charge in [0.1, 0.15) is 0 Å². The van der Waals surface area contributed by atoms with E-state index in [4.69, 9.17) is 5.11 Å². The quantitative estimate of drug-likeness (QED) is 0.855. The Kier molecular flexibility index (Phi) is 4.80. The lowest BCUT2D eigenvalue weighted by Gasteiger charge is -2.29. The summed E-state index contributed by atoms with van der Waals surface area (Å²) in [5.74, 6) is 0.266. The minimum absolute atomic E-state index is 0.310. The van der Waals surface area contributed by atoms with Crippen molar-refractivity contribution in [3.8, 4) is 0 Å². The third kappa shape index (κ3) is 3.86. The normalized spacial score (nSPS) is 18.4. The van der Waals surface area contributed by atoms with E-state index in [0.717, 1.165) is 6.42 Å². The molecule has 0 unspecified atom stereocenters. The second kappa shape index (κ2) is 6.58. The maximum atomic E-state index is 11.0. The van der Waals surface area contributed by atoms with Crippen molar-refractivity contribution in [2.45, 2.75) is 44.9 Å². The molecule has 1 atom stereocenters. The molecule has 0 amide bonds. The zero-order valence-electron chi connectivity index (χ0n) is 10.8. The number of carbonyl (C=O) groups is 1. The molecule has 1 N–H and O–H groups in total. The third-order valence-electron chi connectivity index (χ3n) is 4.09. The first kappa shape index (κ1) is 13.1. The maximum Gasteiger partial charge on any atom is 0.303 e. The molecule has 1 aromatic rings. The second-order valence-electron chi connectivity index (χ2n) is 5.45. The first-order valence-electron chi connectivity index (χ1n) is 7.01. The zero-order valence-corrected chi connectivity index (χ0v) is 10.8. The summed E-state index contributed by atoms with van der Waals surface area (Å²) in [6, 6.07) is 10.3. The van der Waals surface area contributed by atoms with E-state index in [2.05, 4.69) is 12.1 Å². The van der Waals surface area contributed by atoms with Crippen molar-refractivity contribution >= 4 is 5.97 Å². The molecular weight excluding hydrogens is 224 g/mol. The van der Waals surface area contributed by atoms with E-state index in [-0.39, 0.29) is 0 Å². The van der Waals surface area contributed by atoms with Crippen LogP contribution in [0.4, 0.5) is 0 Å². The fraction of sp³-hybridized carbons (Fsp3) is 0.562. The Morgan fingerprint density at radius 2 is 1.83 bits per heavy atom. The summed E-state index contributed by atoms with van der Waals surface area (Å²) in [4.78, 5) is 11.0.